The molecule has 88 valence electrons. The van der Waals surface area contributed by atoms with Crippen molar-refractivity contribution in [3.8, 4) is 0 Å². The Kier molecular flexibility index (Phi) is 3.65. The molecule has 1 atom stereocenters. The molecule has 0 saturated heterocycles. The molecule has 2 N–H and O–H groups in total. The van der Waals surface area contributed by atoms with Gasteiger partial charge in [0, 0.05) is 18.3 Å². The van der Waals surface area contributed by atoms with E-state index in [2.05, 4.69) is 10.2 Å². The van der Waals surface area contributed by atoms with Crippen LogP contribution < -0.4 is 0 Å². The molecule has 1 unspecified atom stereocenters. The number of carbonyl (C=O) groups excluding carboxylic acids is 1. The maximum atomic E-state index is 11.7. The molecular formula is C10H15N3O3. The number of nitrogens with zero attached hydrogens (tertiary/aromatic N) is 2. The average Bonchev–Trinajstić information content (AvgIpc) is 2.62. The third-order valence-electron chi connectivity index (χ3n) is 2.61. The molecule has 0 aliphatic heterocycles. The zero-order valence-electron chi connectivity index (χ0n) is 9.52. The number of rotatable bonds is 4. The molecule has 1 heterocycles. The summed E-state index contributed by atoms with van der Waals surface area (Å²) in [4.78, 5) is 23.6. The Morgan fingerprint density at radius 3 is 2.69 bits per heavy atom. The number of aryl methyl sites for hydroxylation is 1. The highest BCUT2D eigenvalue weighted by Gasteiger charge is 2.22. The molecule has 1 amide bonds. The number of carboxylic acid groups (broad SMARTS) is 1. The van der Waals surface area contributed by atoms with Gasteiger partial charge in [-0.05, 0) is 13.8 Å². The molecule has 0 saturated carbocycles. The summed E-state index contributed by atoms with van der Waals surface area (Å²) in [7, 11) is 1.48. The SMILES string of the molecule is Cc1[nH]ncc1CC(=O)N(C)C(C)C(=O)O. The summed E-state index contributed by atoms with van der Waals surface area (Å²) in [6.45, 7) is 3.29. The zero-order valence-corrected chi connectivity index (χ0v) is 9.52. The van der Waals surface area contributed by atoms with Crippen LogP contribution in [0, 0.1) is 6.92 Å². The number of nitrogens with one attached hydrogen (secondary N) is 1. The Morgan fingerprint density at radius 1 is 1.62 bits per heavy atom. The van der Waals surface area contributed by atoms with E-state index in [1.165, 1.54) is 18.9 Å². The van der Waals surface area contributed by atoms with Crippen LogP contribution in [0.5, 0.6) is 0 Å². The first-order valence-electron chi connectivity index (χ1n) is 4.90. The minimum atomic E-state index is -1.01. The van der Waals surface area contributed by atoms with Gasteiger partial charge in [-0.25, -0.2) is 4.79 Å². The highest BCUT2D eigenvalue weighted by molar-refractivity contribution is 5.84. The lowest BCUT2D eigenvalue weighted by Crippen LogP contribution is -2.41. The van der Waals surface area contributed by atoms with Gasteiger partial charge < -0.3 is 10.0 Å². The number of aliphatic carboxylic acids is 1. The number of carboxylic acids is 1. The van der Waals surface area contributed by atoms with E-state index in [1.54, 1.807) is 6.20 Å². The van der Waals surface area contributed by atoms with Gasteiger partial charge in [-0.2, -0.15) is 5.10 Å². The Bertz CT molecular complexity index is 400. The number of likely N-dealkylation sites (N-methyl/N-ethyl adjacent to an activating group) is 1. The van der Waals surface area contributed by atoms with Crippen molar-refractivity contribution in [2.75, 3.05) is 7.05 Å². The van der Waals surface area contributed by atoms with Crippen molar-refractivity contribution in [1.82, 2.24) is 15.1 Å². The van der Waals surface area contributed by atoms with Crippen LogP contribution in [0.15, 0.2) is 6.20 Å². The van der Waals surface area contributed by atoms with Crippen LogP contribution in [0.4, 0.5) is 0 Å². The number of hydrogen-bond acceptors (Lipinski definition) is 3. The second-order valence-corrected chi connectivity index (χ2v) is 3.72. The molecule has 1 aromatic heterocycles. The summed E-state index contributed by atoms with van der Waals surface area (Å²) in [6.07, 6.45) is 1.74. The molecule has 0 bridgehead atoms. The highest BCUT2D eigenvalue weighted by atomic mass is 16.4. The Hall–Kier alpha value is -1.85. The lowest BCUT2D eigenvalue weighted by Gasteiger charge is -2.21. The molecule has 6 nitrogen and oxygen atoms in total. The van der Waals surface area contributed by atoms with Crippen molar-refractivity contribution in [3.63, 3.8) is 0 Å². The third-order valence-corrected chi connectivity index (χ3v) is 2.61. The number of amides is 1. The van der Waals surface area contributed by atoms with Gasteiger partial charge >= 0.3 is 5.97 Å². The topological polar surface area (TPSA) is 86.3 Å². The molecule has 16 heavy (non-hydrogen) atoms. The summed E-state index contributed by atoms with van der Waals surface area (Å²) in [5.74, 6) is -1.25. The van der Waals surface area contributed by atoms with Gasteiger partial charge in [0.05, 0.1) is 12.6 Å². The quantitative estimate of drug-likeness (QED) is 0.766. The van der Waals surface area contributed by atoms with E-state index >= 15 is 0 Å². The molecule has 0 aliphatic rings. The predicted molar refractivity (Wildman–Crippen MR) is 56.9 cm³/mol. The molecule has 1 aromatic rings. The van der Waals surface area contributed by atoms with E-state index in [4.69, 9.17) is 5.11 Å². The predicted octanol–water partition coefficient (Wildman–Crippen LogP) is 0.192. The maximum absolute atomic E-state index is 11.7. The number of hydrogen-bond donors (Lipinski definition) is 2. The highest BCUT2D eigenvalue weighted by Crippen LogP contribution is 2.07. The van der Waals surface area contributed by atoms with Crippen molar-refractivity contribution in [3.05, 3.63) is 17.5 Å². The molecule has 1 rings (SSSR count). The van der Waals surface area contributed by atoms with Crippen molar-refractivity contribution in [1.29, 1.82) is 0 Å². The summed E-state index contributed by atoms with van der Waals surface area (Å²) in [6, 6.07) is -0.820. The lowest BCUT2D eigenvalue weighted by atomic mass is 10.1. The third kappa shape index (κ3) is 2.59. The van der Waals surface area contributed by atoms with Crippen molar-refractivity contribution in [2.45, 2.75) is 26.3 Å². The molecule has 6 heteroatoms. The van der Waals surface area contributed by atoms with Crippen LogP contribution in [-0.4, -0.2) is 45.2 Å². The average molecular weight is 225 g/mol. The summed E-state index contributed by atoms with van der Waals surface area (Å²) >= 11 is 0. The number of H-pyrrole nitrogens is 1. The van der Waals surface area contributed by atoms with Gasteiger partial charge in [0.1, 0.15) is 6.04 Å². The summed E-state index contributed by atoms with van der Waals surface area (Å²) in [5.41, 5.74) is 1.61. The van der Waals surface area contributed by atoms with Gasteiger partial charge in [-0.1, -0.05) is 0 Å². The van der Waals surface area contributed by atoms with E-state index in [0.29, 0.717) is 0 Å². The van der Waals surface area contributed by atoms with Gasteiger partial charge in [0.2, 0.25) is 5.91 Å². The van der Waals surface area contributed by atoms with Crippen molar-refractivity contribution in [2.24, 2.45) is 0 Å². The number of carbonyl (C=O) groups is 2. The fourth-order valence-electron chi connectivity index (χ4n) is 1.22. The fraction of sp³-hybridized carbons (Fsp3) is 0.500. The van der Waals surface area contributed by atoms with Crippen LogP contribution in [-0.2, 0) is 16.0 Å². The minimum Gasteiger partial charge on any atom is -0.480 e. The molecular weight excluding hydrogens is 210 g/mol. The van der Waals surface area contributed by atoms with Crippen molar-refractivity contribution >= 4 is 11.9 Å². The fourth-order valence-corrected chi connectivity index (χ4v) is 1.22. The molecule has 0 aliphatic carbocycles. The van der Waals surface area contributed by atoms with Crippen LogP contribution in [0.25, 0.3) is 0 Å². The standard InChI is InChI=1S/C10H15N3O3/c1-6-8(5-11-12-6)4-9(14)13(3)7(2)10(15)16/h5,7H,4H2,1-3H3,(H,11,12)(H,15,16). The molecule has 0 radical (unpaired) electrons. The molecule has 0 spiro atoms. The summed E-state index contributed by atoms with van der Waals surface area (Å²) < 4.78 is 0. The Labute approximate surface area is 93.3 Å². The monoisotopic (exact) mass is 225 g/mol. The normalized spacial score (nSPS) is 12.2. The van der Waals surface area contributed by atoms with Crippen LogP contribution >= 0.6 is 0 Å². The molecule has 0 aromatic carbocycles. The lowest BCUT2D eigenvalue weighted by molar-refractivity contribution is -0.148. The Balaban J connectivity index is 2.66. The minimum absolute atomic E-state index is 0.163. The first kappa shape index (κ1) is 12.2. The van der Waals surface area contributed by atoms with Gasteiger partial charge in [0.15, 0.2) is 0 Å². The van der Waals surface area contributed by atoms with Gasteiger partial charge in [-0.15, -0.1) is 0 Å². The van der Waals surface area contributed by atoms with Gasteiger partial charge in [0.25, 0.3) is 0 Å². The largest absolute Gasteiger partial charge is 0.480 e. The van der Waals surface area contributed by atoms with Crippen LogP contribution in [0.1, 0.15) is 18.2 Å². The second-order valence-electron chi connectivity index (χ2n) is 3.72. The van der Waals surface area contributed by atoms with E-state index in [0.717, 1.165) is 11.3 Å². The van der Waals surface area contributed by atoms with E-state index in [9.17, 15) is 9.59 Å². The van der Waals surface area contributed by atoms with E-state index in [1.807, 2.05) is 6.92 Å². The van der Waals surface area contributed by atoms with Crippen molar-refractivity contribution < 1.29 is 14.7 Å². The number of aromatic amines is 1. The molecule has 0 fully saturated rings. The maximum Gasteiger partial charge on any atom is 0.326 e. The second kappa shape index (κ2) is 4.78. The first-order chi connectivity index (χ1) is 7.43. The van der Waals surface area contributed by atoms with Crippen LogP contribution in [0.2, 0.25) is 0 Å². The van der Waals surface area contributed by atoms with Gasteiger partial charge in [-0.3, -0.25) is 9.89 Å². The van der Waals surface area contributed by atoms with E-state index in [-0.39, 0.29) is 12.3 Å². The zero-order chi connectivity index (χ0) is 12.3. The Morgan fingerprint density at radius 2 is 2.25 bits per heavy atom. The van der Waals surface area contributed by atoms with Crippen LogP contribution in [0.3, 0.4) is 0 Å². The summed E-state index contributed by atoms with van der Waals surface area (Å²) in [5, 5.41) is 15.3. The smallest absolute Gasteiger partial charge is 0.326 e. The first-order valence-corrected chi connectivity index (χ1v) is 4.90. The van der Waals surface area contributed by atoms with E-state index < -0.39 is 12.0 Å². The number of aromatic nitrogens is 2.